The quantitative estimate of drug-likeness (QED) is 0.591. The van der Waals surface area contributed by atoms with E-state index in [2.05, 4.69) is 24.4 Å². The molecule has 1 atom stereocenters. The van der Waals surface area contributed by atoms with Crippen molar-refractivity contribution in [1.29, 1.82) is 0 Å². The third-order valence-corrected chi connectivity index (χ3v) is 3.78. The number of nitrogens with one attached hydrogen (secondary N) is 1. The lowest BCUT2D eigenvalue weighted by atomic mass is 9.93. The van der Waals surface area contributed by atoms with Gasteiger partial charge in [-0.3, -0.25) is 5.32 Å². The van der Waals surface area contributed by atoms with Crippen LogP contribution in [0.1, 0.15) is 24.0 Å². The number of halogens is 3. The Labute approximate surface area is 163 Å². The summed E-state index contributed by atoms with van der Waals surface area (Å²) in [4.78, 5) is 11.7. The highest BCUT2D eigenvalue weighted by Crippen LogP contribution is 2.26. The number of carbonyl (C=O) groups excluding carboxylic acids is 1. The third kappa shape index (κ3) is 7.97. The van der Waals surface area contributed by atoms with Gasteiger partial charge in [0.2, 0.25) is 3.79 Å². The molecular weight excluding hydrogens is 383 g/mol. The fourth-order valence-corrected chi connectivity index (χ4v) is 2.47. The lowest BCUT2D eigenvalue weighted by molar-refractivity contribution is 0.164. The standard InChI is InChI=1S/C18H18Cl3NO2.H3N/c1-13(10-14-6-3-2-4-7-14)15-8-5-9-16(11-15)22-17(23)24-12-18(19,20)21;/h2-9,11,13H,10,12H2,1H3,(H,22,23);1H3. The van der Waals surface area contributed by atoms with E-state index < -0.39 is 9.89 Å². The first-order chi connectivity index (χ1) is 11.3. The van der Waals surface area contributed by atoms with Crippen LogP contribution in [0.2, 0.25) is 0 Å². The highest BCUT2D eigenvalue weighted by atomic mass is 35.6. The fourth-order valence-electron chi connectivity index (χ4n) is 2.31. The first-order valence-electron chi connectivity index (χ1n) is 7.48. The van der Waals surface area contributed by atoms with Crippen LogP contribution in [0.25, 0.3) is 0 Å². The van der Waals surface area contributed by atoms with E-state index >= 15 is 0 Å². The second-order valence-corrected chi connectivity index (χ2v) is 8.05. The van der Waals surface area contributed by atoms with Crippen LogP contribution >= 0.6 is 34.8 Å². The Morgan fingerprint density at radius 1 is 1.12 bits per heavy atom. The Morgan fingerprint density at radius 2 is 1.80 bits per heavy atom. The molecule has 0 saturated carbocycles. The highest BCUT2D eigenvalue weighted by molar-refractivity contribution is 6.67. The summed E-state index contributed by atoms with van der Waals surface area (Å²) in [6.45, 7) is 1.83. The van der Waals surface area contributed by atoms with E-state index in [-0.39, 0.29) is 12.8 Å². The summed E-state index contributed by atoms with van der Waals surface area (Å²) >= 11 is 16.6. The van der Waals surface area contributed by atoms with Gasteiger partial charge in [0.1, 0.15) is 6.61 Å². The van der Waals surface area contributed by atoms with E-state index in [0.29, 0.717) is 11.6 Å². The lowest BCUT2D eigenvalue weighted by Gasteiger charge is -2.15. The van der Waals surface area contributed by atoms with Crippen LogP contribution in [0.4, 0.5) is 10.5 Å². The van der Waals surface area contributed by atoms with Crippen molar-refractivity contribution in [1.82, 2.24) is 6.15 Å². The predicted octanol–water partition coefficient (Wildman–Crippen LogP) is 6.11. The van der Waals surface area contributed by atoms with Gasteiger partial charge in [-0.15, -0.1) is 0 Å². The van der Waals surface area contributed by atoms with Gasteiger partial charge >= 0.3 is 6.09 Å². The highest BCUT2D eigenvalue weighted by Gasteiger charge is 2.22. The molecule has 0 aliphatic heterocycles. The molecular formula is C18H21Cl3N2O2. The number of anilines is 1. The summed E-state index contributed by atoms with van der Waals surface area (Å²) in [7, 11) is 0. The number of benzene rings is 2. The molecule has 7 heteroatoms. The fraction of sp³-hybridized carbons (Fsp3) is 0.278. The van der Waals surface area contributed by atoms with Crippen LogP contribution in [-0.2, 0) is 11.2 Å². The molecule has 0 heterocycles. The Kier molecular flexibility index (Phi) is 8.53. The maximum atomic E-state index is 11.7. The largest absolute Gasteiger partial charge is 0.445 e. The summed E-state index contributed by atoms with van der Waals surface area (Å²) < 4.78 is 3.24. The van der Waals surface area contributed by atoms with Gasteiger partial charge < -0.3 is 10.9 Å². The molecule has 136 valence electrons. The zero-order valence-corrected chi connectivity index (χ0v) is 16.1. The number of amides is 1. The normalized spacial score (nSPS) is 12.0. The van der Waals surface area contributed by atoms with E-state index in [1.54, 1.807) is 6.07 Å². The molecule has 0 bridgehead atoms. The maximum Gasteiger partial charge on any atom is 0.411 e. The topological polar surface area (TPSA) is 73.3 Å². The van der Waals surface area contributed by atoms with Crippen molar-refractivity contribution in [3.05, 3.63) is 65.7 Å². The molecule has 1 amide bonds. The van der Waals surface area contributed by atoms with E-state index in [0.717, 1.165) is 12.0 Å². The Bertz CT molecular complexity index is 676. The van der Waals surface area contributed by atoms with E-state index in [1.165, 1.54) is 5.56 Å². The van der Waals surface area contributed by atoms with Crippen LogP contribution in [0.5, 0.6) is 0 Å². The first kappa shape index (κ1) is 21.6. The van der Waals surface area contributed by atoms with Gasteiger partial charge in [0.25, 0.3) is 0 Å². The molecule has 2 aromatic carbocycles. The van der Waals surface area contributed by atoms with Crippen LogP contribution in [0.3, 0.4) is 0 Å². The van der Waals surface area contributed by atoms with Crippen LogP contribution in [0, 0.1) is 0 Å². The molecule has 2 rings (SSSR count). The SMILES string of the molecule is CC(Cc1ccccc1)c1cccc(NC(=O)OCC(Cl)(Cl)Cl)c1.N. The van der Waals surface area contributed by atoms with Gasteiger partial charge in [-0.2, -0.15) is 0 Å². The molecule has 1 unspecified atom stereocenters. The molecule has 25 heavy (non-hydrogen) atoms. The van der Waals surface area contributed by atoms with Crippen LogP contribution in [0.15, 0.2) is 54.6 Å². The van der Waals surface area contributed by atoms with Gasteiger partial charge in [-0.25, -0.2) is 4.79 Å². The second kappa shape index (κ2) is 9.88. The minimum atomic E-state index is -1.62. The minimum Gasteiger partial charge on any atom is -0.445 e. The molecule has 0 spiro atoms. The molecule has 0 aliphatic carbocycles. The lowest BCUT2D eigenvalue weighted by Crippen LogP contribution is -2.21. The second-order valence-electron chi connectivity index (χ2n) is 5.53. The number of ether oxygens (including phenoxy) is 1. The molecule has 0 saturated heterocycles. The van der Waals surface area contributed by atoms with Crippen molar-refractivity contribution in [3.8, 4) is 0 Å². The van der Waals surface area contributed by atoms with E-state index in [1.807, 2.05) is 36.4 Å². The zero-order chi connectivity index (χ0) is 17.6. The number of rotatable bonds is 5. The molecule has 2 aromatic rings. The van der Waals surface area contributed by atoms with Crippen molar-refractivity contribution in [2.45, 2.75) is 23.1 Å². The van der Waals surface area contributed by atoms with Crippen molar-refractivity contribution in [2.24, 2.45) is 0 Å². The monoisotopic (exact) mass is 402 g/mol. The van der Waals surface area contributed by atoms with Gasteiger partial charge in [-0.05, 0) is 35.6 Å². The van der Waals surface area contributed by atoms with Crippen molar-refractivity contribution in [2.75, 3.05) is 11.9 Å². The van der Waals surface area contributed by atoms with Crippen LogP contribution < -0.4 is 11.5 Å². The van der Waals surface area contributed by atoms with Crippen molar-refractivity contribution >= 4 is 46.6 Å². The van der Waals surface area contributed by atoms with Gasteiger partial charge in [0.05, 0.1) is 0 Å². The molecule has 4 nitrogen and oxygen atoms in total. The van der Waals surface area contributed by atoms with E-state index in [9.17, 15) is 4.79 Å². The molecule has 0 radical (unpaired) electrons. The smallest absolute Gasteiger partial charge is 0.411 e. The van der Waals surface area contributed by atoms with Crippen molar-refractivity contribution in [3.63, 3.8) is 0 Å². The number of hydrogen-bond donors (Lipinski definition) is 2. The number of carbonyl (C=O) groups is 1. The molecule has 0 aromatic heterocycles. The average molecular weight is 404 g/mol. The van der Waals surface area contributed by atoms with Gasteiger partial charge in [0.15, 0.2) is 0 Å². The summed E-state index contributed by atoms with van der Waals surface area (Å²) in [5, 5.41) is 2.64. The predicted molar refractivity (Wildman–Crippen MR) is 105 cm³/mol. The third-order valence-electron chi connectivity index (χ3n) is 3.45. The van der Waals surface area contributed by atoms with Gasteiger partial charge in [-0.1, -0.05) is 84.2 Å². The summed E-state index contributed by atoms with van der Waals surface area (Å²) in [6.07, 6.45) is 0.260. The average Bonchev–Trinajstić information content (AvgIpc) is 2.53. The number of hydrogen-bond acceptors (Lipinski definition) is 3. The summed E-state index contributed by atoms with van der Waals surface area (Å²) in [5.41, 5.74) is 3.03. The maximum absolute atomic E-state index is 11.7. The summed E-state index contributed by atoms with van der Waals surface area (Å²) in [5.74, 6) is 0.311. The van der Waals surface area contributed by atoms with Gasteiger partial charge in [0, 0.05) is 5.69 Å². The van der Waals surface area contributed by atoms with E-state index in [4.69, 9.17) is 39.5 Å². The molecule has 0 fully saturated rings. The molecule has 4 N–H and O–H groups in total. The Morgan fingerprint density at radius 3 is 2.44 bits per heavy atom. The Hall–Kier alpha value is -1.46. The number of alkyl halides is 3. The Balaban J connectivity index is 0.00000312. The summed E-state index contributed by atoms with van der Waals surface area (Å²) in [6, 6.07) is 17.9. The zero-order valence-electron chi connectivity index (χ0n) is 13.8. The van der Waals surface area contributed by atoms with Crippen molar-refractivity contribution < 1.29 is 9.53 Å². The van der Waals surface area contributed by atoms with Crippen LogP contribution in [-0.4, -0.2) is 16.5 Å². The minimum absolute atomic E-state index is 0. The first-order valence-corrected chi connectivity index (χ1v) is 8.61. The molecule has 0 aliphatic rings.